The van der Waals surface area contributed by atoms with Crippen molar-refractivity contribution in [3.05, 3.63) is 71.0 Å². The summed E-state index contributed by atoms with van der Waals surface area (Å²) in [6.07, 6.45) is 2.67. The standard InChI is InChI=1S/C24H22BrN5/c1-30-9-8-18(13-30)15-4-2-6-17(10-15)21-12-20(16-5-3-7-19(25)11-16)22-23(26)27-14-28-24(22)29-21/h2-7,10-12,14,18H,8-9,13H2,1H3,(H2,26,27,28,29). The Labute approximate surface area is 184 Å². The first-order chi connectivity index (χ1) is 14.6. The van der Waals surface area contributed by atoms with Crippen LogP contribution in [0.25, 0.3) is 33.4 Å². The third-order valence-electron chi connectivity index (χ3n) is 5.81. The molecule has 0 amide bonds. The molecule has 5 rings (SSSR count). The fourth-order valence-electron chi connectivity index (χ4n) is 4.28. The van der Waals surface area contributed by atoms with E-state index in [9.17, 15) is 0 Å². The Morgan fingerprint density at radius 3 is 2.67 bits per heavy atom. The molecule has 1 aliphatic rings. The highest BCUT2D eigenvalue weighted by Gasteiger charge is 2.21. The molecule has 0 bridgehead atoms. The molecule has 0 radical (unpaired) electrons. The Morgan fingerprint density at radius 2 is 1.87 bits per heavy atom. The topological polar surface area (TPSA) is 67.9 Å². The zero-order valence-electron chi connectivity index (χ0n) is 16.7. The van der Waals surface area contributed by atoms with Crippen LogP contribution in [0.2, 0.25) is 0 Å². The minimum Gasteiger partial charge on any atom is -0.383 e. The van der Waals surface area contributed by atoms with Crippen LogP contribution in [-0.4, -0.2) is 40.0 Å². The van der Waals surface area contributed by atoms with E-state index in [1.165, 1.54) is 18.3 Å². The number of pyridine rings is 1. The largest absolute Gasteiger partial charge is 0.383 e. The number of hydrogen-bond donors (Lipinski definition) is 1. The van der Waals surface area contributed by atoms with Crippen LogP contribution in [0.4, 0.5) is 5.82 Å². The van der Waals surface area contributed by atoms with Gasteiger partial charge >= 0.3 is 0 Å². The molecule has 6 heteroatoms. The SMILES string of the molecule is CN1CCC(c2cccc(-c3cc(-c4cccc(Br)c4)c4c(N)ncnc4n3)c2)C1. The van der Waals surface area contributed by atoms with Crippen molar-refractivity contribution in [1.82, 2.24) is 19.9 Å². The van der Waals surface area contributed by atoms with E-state index in [1.54, 1.807) is 0 Å². The van der Waals surface area contributed by atoms with Crippen molar-refractivity contribution in [3.63, 3.8) is 0 Å². The molecule has 1 atom stereocenters. The number of fused-ring (bicyclic) bond motifs is 1. The third-order valence-corrected chi connectivity index (χ3v) is 6.31. The van der Waals surface area contributed by atoms with E-state index in [2.05, 4.69) is 80.3 Å². The molecule has 30 heavy (non-hydrogen) atoms. The number of likely N-dealkylation sites (N-methyl/N-ethyl adjacent to an activating group) is 1. The number of benzene rings is 2. The van der Waals surface area contributed by atoms with Gasteiger partial charge in [0.2, 0.25) is 0 Å². The van der Waals surface area contributed by atoms with E-state index >= 15 is 0 Å². The van der Waals surface area contributed by atoms with Crippen molar-refractivity contribution >= 4 is 32.8 Å². The molecule has 2 N–H and O–H groups in total. The quantitative estimate of drug-likeness (QED) is 0.460. The lowest BCUT2D eigenvalue weighted by molar-refractivity contribution is 0.411. The van der Waals surface area contributed by atoms with Crippen molar-refractivity contribution < 1.29 is 0 Å². The van der Waals surface area contributed by atoms with Gasteiger partial charge in [0.15, 0.2) is 5.65 Å². The highest BCUT2D eigenvalue weighted by Crippen LogP contribution is 2.35. The first-order valence-electron chi connectivity index (χ1n) is 10.0. The maximum atomic E-state index is 6.23. The minimum atomic E-state index is 0.441. The van der Waals surface area contributed by atoms with Crippen molar-refractivity contribution in [2.45, 2.75) is 12.3 Å². The minimum absolute atomic E-state index is 0.441. The van der Waals surface area contributed by atoms with Gasteiger partial charge in [-0.3, -0.25) is 0 Å². The van der Waals surface area contributed by atoms with E-state index in [-0.39, 0.29) is 0 Å². The van der Waals surface area contributed by atoms with Gasteiger partial charge in [-0.05, 0) is 66.9 Å². The fourth-order valence-corrected chi connectivity index (χ4v) is 4.68. The number of nitrogens with zero attached hydrogens (tertiary/aromatic N) is 4. The van der Waals surface area contributed by atoms with E-state index in [0.29, 0.717) is 17.4 Å². The predicted octanol–water partition coefficient (Wildman–Crippen LogP) is 5.12. The first kappa shape index (κ1) is 19.2. The number of nitrogen functional groups attached to an aromatic ring is 1. The average molecular weight is 460 g/mol. The molecular formula is C24H22BrN5. The summed E-state index contributed by atoms with van der Waals surface area (Å²) < 4.78 is 1.01. The molecule has 1 fully saturated rings. The van der Waals surface area contributed by atoms with E-state index < -0.39 is 0 Å². The number of halogens is 1. The molecule has 2 aromatic carbocycles. The normalized spacial score (nSPS) is 16.9. The molecule has 0 spiro atoms. The number of likely N-dealkylation sites (tertiary alicyclic amines) is 1. The molecule has 5 nitrogen and oxygen atoms in total. The van der Waals surface area contributed by atoms with Crippen LogP contribution in [0.1, 0.15) is 17.9 Å². The fraction of sp³-hybridized carbons (Fsp3) is 0.208. The molecule has 150 valence electrons. The van der Waals surface area contributed by atoms with Crippen LogP contribution in [0, 0.1) is 0 Å². The smallest absolute Gasteiger partial charge is 0.165 e. The van der Waals surface area contributed by atoms with Crippen LogP contribution in [0.5, 0.6) is 0 Å². The summed E-state index contributed by atoms with van der Waals surface area (Å²) in [5.74, 6) is 1.01. The molecule has 1 unspecified atom stereocenters. The molecule has 3 heterocycles. The Bertz CT molecular complexity index is 1240. The van der Waals surface area contributed by atoms with Crippen LogP contribution in [0.15, 0.2) is 65.4 Å². The summed E-state index contributed by atoms with van der Waals surface area (Å²) in [6, 6.07) is 19.0. The summed E-state index contributed by atoms with van der Waals surface area (Å²) >= 11 is 3.58. The third kappa shape index (κ3) is 3.57. The lowest BCUT2D eigenvalue weighted by Gasteiger charge is -2.14. The van der Waals surface area contributed by atoms with Crippen molar-refractivity contribution in [1.29, 1.82) is 0 Å². The van der Waals surface area contributed by atoms with Crippen molar-refractivity contribution in [2.75, 3.05) is 25.9 Å². The van der Waals surface area contributed by atoms with E-state index in [4.69, 9.17) is 10.7 Å². The van der Waals surface area contributed by atoms with Gasteiger partial charge in [0.05, 0.1) is 11.1 Å². The number of rotatable bonds is 3. The van der Waals surface area contributed by atoms with Gasteiger partial charge in [0, 0.05) is 16.6 Å². The zero-order valence-corrected chi connectivity index (χ0v) is 18.3. The summed E-state index contributed by atoms with van der Waals surface area (Å²) in [7, 11) is 2.18. The number of nitrogens with two attached hydrogens (primary N) is 1. The lowest BCUT2D eigenvalue weighted by atomic mass is 9.94. The summed E-state index contributed by atoms with van der Waals surface area (Å²) in [5, 5.41) is 0.785. The molecular weight excluding hydrogens is 438 g/mol. The molecule has 4 aromatic rings. The average Bonchev–Trinajstić information content (AvgIpc) is 3.20. The zero-order chi connectivity index (χ0) is 20.7. The Kier molecular flexibility index (Phi) is 4.97. The number of anilines is 1. The summed E-state index contributed by atoms with van der Waals surface area (Å²) in [4.78, 5) is 15.9. The molecule has 1 aliphatic heterocycles. The summed E-state index contributed by atoms with van der Waals surface area (Å²) in [6.45, 7) is 2.24. The monoisotopic (exact) mass is 459 g/mol. The van der Waals surface area contributed by atoms with Gasteiger partial charge in [0.1, 0.15) is 12.1 Å². The van der Waals surface area contributed by atoms with Crippen molar-refractivity contribution in [2.24, 2.45) is 0 Å². The highest BCUT2D eigenvalue weighted by atomic mass is 79.9. The number of aromatic nitrogens is 3. The van der Waals surface area contributed by atoms with Crippen LogP contribution in [0.3, 0.4) is 0 Å². The summed E-state index contributed by atoms with van der Waals surface area (Å²) in [5.41, 5.74) is 12.2. The number of hydrogen-bond acceptors (Lipinski definition) is 5. The molecule has 2 aromatic heterocycles. The van der Waals surface area contributed by atoms with Gasteiger partial charge in [-0.25, -0.2) is 15.0 Å². The van der Waals surface area contributed by atoms with Gasteiger partial charge in [-0.2, -0.15) is 0 Å². The van der Waals surface area contributed by atoms with Crippen molar-refractivity contribution in [3.8, 4) is 22.4 Å². The maximum absolute atomic E-state index is 6.23. The molecule has 1 saturated heterocycles. The molecule has 0 aliphatic carbocycles. The van der Waals surface area contributed by atoms with Gasteiger partial charge in [-0.1, -0.05) is 46.3 Å². The second-order valence-corrected chi connectivity index (χ2v) is 8.81. The van der Waals surface area contributed by atoms with Crippen LogP contribution >= 0.6 is 15.9 Å². The van der Waals surface area contributed by atoms with Gasteiger partial charge in [-0.15, -0.1) is 0 Å². The Balaban J connectivity index is 1.68. The predicted molar refractivity (Wildman–Crippen MR) is 125 cm³/mol. The van der Waals surface area contributed by atoms with Crippen LogP contribution in [-0.2, 0) is 0 Å². The molecule has 0 saturated carbocycles. The Hall–Kier alpha value is -2.83. The van der Waals surface area contributed by atoms with Gasteiger partial charge < -0.3 is 10.6 Å². The second kappa shape index (κ2) is 7.78. The second-order valence-electron chi connectivity index (χ2n) is 7.90. The van der Waals surface area contributed by atoms with E-state index in [0.717, 1.165) is 45.3 Å². The first-order valence-corrected chi connectivity index (χ1v) is 10.8. The van der Waals surface area contributed by atoms with E-state index in [1.807, 2.05) is 12.1 Å². The highest BCUT2D eigenvalue weighted by molar-refractivity contribution is 9.10. The van der Waals surface area contributed by atoms with Crippen LogP contribution < -0.4 is 5.73 Å². The Morgan fingerprint density at radius 1 is 1.03 bits per heavy atom. The van der Waals surface area contributed by atoms with Gasteiger partial charge in [0.25, 0.3) is 0 Å². The maximum Gasteiger partial charge on any atom is 0.165 e. The lowest BCUT2D eigenvalue weighted by Crippen LogP contribution is -2.13.